The van der Waals surface area contributed by atoms with Crippen molar-refractivity contribution in [3.05, 3.63) is 51.7 Å². The molecule has 4 rings (SSSR count). The number of nitrogens with one attached hydrogen (secondary N) is 3. The van der Waals surface area contributed by atoms with E-state index in [1.165, 1.54) is 0 Å². The molecule has 2 aromatic heterocycles. The van der Waals surface area contributed by atoms with E-state index >= 15 is 0 Å². The zero-order valence-corrected chi connectivity index (χ0v) is 15.4. The fourth-order valence-corrected chi connectivity index (χ4v) is 3.52. The van der Waals surface area contributed by atoms with Gasteiger partial charge in [-0.15, -0.1) is 0 Å². The molecule has 27 heavy (non-hydrogen) atoms. The van der Waals surface area contributed by atoms with E-state index in [2.05, 4.69) is 25.5 Å². The smallest absolute Gasteiger partial charge is 0.264 e. The van der Waals surface area contributed by atoms with Crippen molar-refractivity contribution in [2.45, 2.75) is 25.8 Å². The van der Waals surface area contributed by atoms with E-state index in [1.54, 1.807) is 6.07 Å². The van der Waals surface area contributed by atoms with Gasteiger partial charge >= 0.3 is 0 Å². The second kappa shape index (κ2) is 6.96. The normalized spacial score (nSPS) is 16.5. The van der Waals surface area contributed by atoms with E-state index in [0.717, 1.165) is 46.8 Å². The van der Waals surface area contributed by atoms with Crippen LogP contribution in [-0.4, -0.2) is 45.1 Å². The zero-order chi connectivity index (χ0) is 19.0. The standard InChI is InChI=1S/C19H22N6O2/c1-25(2)10-17-21-15-6-4-13(9-16(15)22-17)20-19(27)11-3-5-14-12(7-11)8-18(26)24-23-14/h4,6,8-9,11H,3,5,7,10H2,1-2H3,(H,20,27)(H,21,22)(H,24,26). The molecule has 8 heteroatoms. The quantitative estimate of drug-likeness (QED) is 0.648. The Kier molecular flexibility index (Phi) is 4.49. The van der Waals surface area contributed by atoms with Gasteiger partial charge in [0.1, 0.15) is 5.82 Å². The Morgan fingerprint density at radius 3 is 3.00 bits per heavy atom. The highest BCUT2D eigenvalue weighted by atomic mass is 16.2. The first-order valence-electron chi connectivity index (χ1n) is 8.99. The Morgan fingerprint density at radius 2 is 2.19 bits per heavy atom. The largest absolute Gasteiger partial charge is 0.341 e. The highest BCUT2D eigenvalue weighted by Crippen LogP contribution is 2.25. The molecule has 0 saturated carbocycles. The minimum absolute atomic E-state index is 0.0340. The van der Waals surface area contributed by atoms with E-state index in [1.807, 2.05) is 37.2 Å². The number of imidazole rings is 1. The van der Waals surface area contributed by atoms with Crippen LogP contribution in [0, 0.1) is 5.92 Å². The van der Waals surface area contributed by atoms with Crippen LogP contribution in [0.4, 0.5) is 5.69 Å². The molecule has 1 unspecified atom stereocenters. The van der Waals surface area contributed by atoms with Gasteiger partial charge in [0, 0.05) is 17.7 Å². The number of rotatable bonds is 4. The molecule has 0 aliphatic heterocycles. The number of amides is 1. The number of fused-ring (bicyclic) bond motifs is 2. The lowest BCUT2D eigenvalue weighted by molar-refractivity contribution is -0.120. The monoisotopic (exact) mass is 366 g/mol. The highest BCUT2D eigenvalue weighted by Gasteiger charge is 2.26. The third kappa shape index (κ3) is 3.75. The molecular formula is C19H22N6O2. The van der Waals surface area contributed by atoms with Crippen molar-refractivity contribution in [1.82, 2.24) is 25.1 Å². The topological polar surface area (TPSA) is 107 Å². The molecule has 0 bridgehead atoms. The predicted octanol–water partition coefficient (Wildman–Crippen LogP) is 1.45. The summed E-state index contributed by atoms with van der Waals surface area (Å²) in [4.78, 5) is 34.0. The number of aromatic nitrogens is 4. The molecule has 0 fully saturated rings. The van der Waals surface area contributed by atoms with Crippen LogP contribution in [0.5, 0.6) is 0 Å². The highest BCUT2D eigenvalue weighted by molar-refractivity contribution is 5.94. The van der Waals surface area contributed by atoms with E-state index in [4.69, 9.17) is 0 Å². The minimum atomic E-state index is -0.229. The summed E-state index contributed by atoms with van der Waals surface area (Å²) in [5, 5.41) is 9.52. The Hall–Kier alpha value is -3.00. The van der Waals surface area contributed by atoms with Crippen LogP contribution in [0.25, 0.3) is 11.0 Å². The maximum atomic E-state index is 12.7. The molecule has 1 aliphatic rings. The summed E-state index contributed by atoms with van der Waals surface area (Å²) < 4.78 is 0. The minimum Gasteiger partial charge on any atom is -0.341 e. The molecule has 3 N–H and O–H groups in total. The van der Waals surface area contributed by atoms with Gasteiger partial charge in [0.2, 0.25) is 5.91 Å². The van der Waals surface area contributed by atoms with Crippen LogP contribution in [-0.2, 0) is 24.2 Å². The number of nitrogens with zero attached hydrogens (tertiary/aromatic N) is 3. The third-order valence-electron chi connectivity index (χ3n) is 4.81. The van der Waals surface area contributed by atoms with Gasteiger partial charge in [0.15, 0.2) is 0 Å². The Morgan fingerprint density at radius 1 is 1.33 bits per heavy atom. The average Bonchev–Trinajstić information content (AvgIpc) is 3.01. The fraction of sp³-hybridized carbons (Fsp3) is 0.368. The SMILES string of the molecule is CN(C)Cc1nc2ccc(NC(=O)C3CCc4n[nH]c(=O)cc4C3)cc2[nH]1. The molecule has 0 spiro atoms. The second-order valence-electron chi connectivity index (χ2n) is 7.29. The molecule has 3 aromatic rings. The van der Waals surface area contributed by atoms with Crippen molar-refractivity contribution >= 4 is 22.6 Å². The first kappa shape index (κ1) is 17.4. The number of carbonyl (C=O) groups excluding carboxylic acids is 1. The van der Waals surface area contributed by atoms with Crippen molar-refractivity contribution < 1.29 is 4.79 Å². The molecule has 1 aromatic carbocycles. The number of anilines is 1. The molecule has 0 saturated heterocycles. The number of carbonyl (C=O) groups is 1. The number of hydrogen-bond acceptors (Lipinski definition) is 5. The van der Waals surface area contributed by atoms with Crippen LogP contribution in [0.15, 0.2) is 29.1 Å². The molecular weight excluding hydrogens is 344 g/mol. The molecule has 2 heterocycles. The number of benzene rings is 1. The lowest BCUT2D eigenvalue weighted by Crippen LogP contribution is -2.29. The van der Waals surface area contributed by atoms with Crippen LogP contribution in [0.3, 0.4) is 0 Å². The van der Waals surface area contributed by atoms with Gasteiger partial charge in [-0.2, -0.15) is 5.10 Å². The molecule has 140 valence electrons. The van der Waals surface area contributed by atoms with Crippen LogP contribution in [0.2, 0.25) is 0 Å². The number of aromatic amines is 2. The van der Waals surface area contributed by atoms with Crippen LogP contribution in [0.1, 0.15) is 23.5 Å². The Bertz CT molecular complexity index is 1050. The van der Waals surface area contributed by atoms with Crippen molar-refractivity contribution in [3.63, 3.8) is 0 Å². The Labute approximate surface area is 156 Å². The van der Waals surface area contributed by atoms with Gasteiger partial charge in [0.25, 0.3) is 5.56 Å². The van der Waals surface area contributed by atoms with E-state index in [9.17, 15) is 9.59 Å². The van der Waals surface area contributed by atoms with Gasteiger partial charge in [-0.3, -0.25) is 9.59 Å². The number of aryl methyl sites for hydroxylation is 1. The molecule has 1 amide bonds. The van der Waals surface area contributed by atoms with E-state index in [-0.39, 0.29) is 17.4 Å². The second-order valence-corrected chi connectivity index (χ2v) is 7.29. The van der Waals surface area contributed by atoms with Crippen LogP contribution >= 0.6 is 0 Å². The van der Waals surface area contributed by atoms with Gasteiger partial charge in [-0.1, -0.05) is 0 Å². The lowest BCUT2D eigenvalue weighted by atomic mass is 9.86. The summed E-state index contributed by atoms with van der Waals surface area (Å²) in [7, 11) is 3.98. The number of H-pyrrole nitrogens is 2. The van der Waals surface area contributed by atoms with Crippen LogP contribution < -0.4 is 10.9 Å². The van der Waals surface area contributed by atoms with Crippen molar-refractivity contribution in [1.29, 1.82) is 0 Å². The zero-order valence-electron chi connectivity index (χ0n) is 15.4. The van der Waals surface area contributed by atoms with E-state index < -0.39 is 0 Å². The molecule has 8 nitrogen and oxygen atoms in total. The van der Waals surface area contributed by atoms with Gasteiger partial charge in [-0.25, -0.2) is 10.1 Å². The molecule has 1 aliphatic carbocycles. The van der Waals surface area contributed by atoms with Gasteiger partial charge < -0.3 is 15.2 Å². The summed E-state index contributed by atoms with van der Waals surface area (Å²) in [6.07, 6.45) is 1.95. The van der Waals surface area contributed by atoms with Crippen molar-refractivity contribution in [3.8, 4) is 0 Å². The summed E-state index contributed by atoms with van der Waals surface area (Å²) >= 11 is 0. The summed E-state index contributed by atoms with van der Waals surface area (Å²) in [5.41, 5.74) is 4.03. The average molecular weight is 366 g/mol. The van der Waals surface area contributed by atoms with Gasteiger partial charge in [-0.05, 0) is 57.1 Å². The molecule has 0 radical (unpaired) electrons. The fourth-order valence-electron chi connectivity index (χ4n) is 3.52. The maximum Gasteiger partial charge on any atom is 0.264 e. The van der Waals surface area contributed by atoms with Crippen molar-refractivity contribution in [2.24, 2.45) is 5.92 Å². The summed E-state index contributed by atoms with van der Waals surface area (Å²) in [6.45, 7) is 0.727. The summed E-state index contributed by atoms with van der Waals surface area (Å²) in [5.74, 6) is 0.691. The first-order chi connectivity index (χ1) is 13.0. The number of hydrogen-bond donors (Lipinski definition) is 3. The predicted molar refractivity (Wildman–Crippen MR) is 102 cm³/mol. The first-order valence-corrected chi connectivity index (χ1v) is 8.99. The van der Waals surface area contributed by atoms with Crippen molar-refractivity contribution in [2.75, 3.05) is 19.4 Å². The Balaban J connectivity index is 1.48. The van der Waals surface area contributed by atoms with E-state index in [0.29, 0.717) is 12.8 Å². The third-order valence-corrected chi connectivity index (χ3v) is 4.81. The molecule has 1 atom stereocenters. The maximum absolute atomic E-state index is 12.7. The summed E-state index contributed by atoms with van der Waals surface area (Å²) in [6, 6.07) is 7.22. The van der Waals surface area contributed by atoms with Gasteiger partial charge in [0.05, 0.1) is 23.3 Å². The lowest BCUT2D eigenvalue weighted by Gasteiger charge is -2.22.